The Bertz CT molecular complexity index is 298. The third-order valence-electron chi connectivity index (χ3n) is 3.58. The number of likely N-dealkylation sites (tertiary alicyclic amines) is 1. The summed E-state index contributed by atoms with van der Waals surface area (Å²) in [6, 6.07) is 0.0733. The monoisotopic (exact) mass is 225 g/mol. The molecule has 2 rings (SSSR count). The molecule has 0 aromatic heterocycles. The lowest BCUT2D eigenvalue weighted by atomic mass is 9.96. The number of nitrogens with two attached hydrogens (primary N) is 1. The van der Waals surface area contributed by atoms with Crippen molar-refractivity contribution in [3.8, 4) is 0 Å². The Kier molecular flexibility index (Phi) is 3.14. The summed E-state index contributed by atoms with van der Waals surface area (Å²) >= 11 is 0. The van der Waals surface area contributed by atoms with Crippen LogP contribution in [0.3, 0.4) is 0 Å². The number of rotatable bonds is 2. The predicted octanol–water partition coefficient (Wildman–Crippen LogP) is -0.682. The fraction of sp³-hybridized carbons (Fsp3) is 0.818. The average Bonchev–Trinajstić information content (AvgIpc) is 3.04. The summed E-state index contributed by atoms with van der Waals surface area (Å²) in [5, 5.41) is 2.66. The van der Waals surface area contributed by atoms with E-state index >= 15 is 0 Å². The number of amides is 2. The van der Waals surface area contributed by atoms with Crippen molar-refractivity contribution >= 4 is 11.8 Å². The van der Waals surface area contributed by atoms with E-state index in [1.165, 1.54) is 0 Å². The van der Waals surface area contributed by atoms with Gasteiger partial charge >= 0.3 is 0 Å². The molecule has 5 nitrogen and oxygen atoms in total. The third kappa shape index (κ3) is 2.19. The van der Waals surface area contributed by atoms with Crippen LogP contribution in [-0.2, 0) is 9.59 Å². The Morgan fingerprint density at radius 3 is 2.31 bits per heavy atom. The summed E-state index contributed by atoms with van der Waals surface area (Å²) in [6.45, 7) is 1.39. The Morgan fingerprint density at radius 2 is 1.88 bits per heavy atom. The molecule has 16 heavy (non-hydrogen) atoms. The van der Waals surface area contributed by atoms with Crippen LogP contribution in [0.2, 0.25) is 0 Å². The highest BCUT2D eigenvalue weighted by Crippen LogP contribution is 2.31. The maximum Gasteiger partial charge on any atom is 0.227 e. The Morgan fingerprint density at radius 1 is 1.31 bits per heavy atom. The highest BCUT2D eigenvalue weighted by Gasteiger charge is 2.43. The van der Waals surface area contributed by atoms with Gasteiger partial charge in [0.2, 0.25) is 11.8 Å². The number of hydrogen-bond donors (Lipinski definition) is 2. The summed E-state index contributed by atoms with van der Waals surface area (Å²) in [5.41, 5.74) is 5.66. The molecular weight excluding hydrogens is 206 g/mol. The SMILES string of the molecule is CNC(=O)C1CCN(C(=O)C2CC2N)CC1. The number of carbonyl (C=O) groups is 2. The van der Waals surface area contributed by atoms with E-state index < -0.39 is 0 Å². The van der Waals surface area contributed by atoms with E-state index in [0.717, 1.165) is 19.3 Å². The van der Waals surface area contributed by atoms with Crippen LogP contribution >= 0.6 is 0 Å². The van der Waals surface area contributed by atoms with Crippen molar-refractivity contribution in [2.24, 2.45) is 17.6 Å². The molecule has 2 unspecified atom stereocenters. The Hall–Kier alpha value is -1.10. The molecule has 1 saturated carbocycles. The lowest BCUT2D eigenvalue weighted by Gasteiger charge is -2.31. The first-order valence-corrected chi connectivity index (χ1v) is 5.89. The normalized spacial score (nSPS) is 30.0. The zero-order valence-corrected chi connectivity index (χ0v) is 9.61. The number of nitrogens with zero attached hydrogens (tertiary/aromatic N) is 1. The zero-order chi connectivity index (χ0) is 11.7. The molecule has 2 amide bonds. The molecule has 0 aromatic carbocycles. The van der Waals surface area contributed by atoms with E-state index in [9.17, 15) is 9.59 Å². The Labute approximate surface area is 95.3 Å². The van der Waals surface area contributed by atoms with Gasteiger partial charge in [0.25, 0.3) is 0 Å². The van der Waals surface area contributed by atoms with Crippen LogP contribution in [0.15, 0.2) is 0 Å². The lowest BCUT2D eigenvalue weighted by molar-refractivity contribution is -0.136. The van der Waals surface area contributed by atoms with Gasteiger partial charge in [-0.25, -0.2) is 0 Å². The average molecular weight is 225 g/mol. The van der Waals surface area contributed by atoms with E-state index in [0.29, 0.717) is 13.1 Å². The molecule has 0 bridgehead atoms. The molecule has 1 aliphatic heterocycles. The molecule has 90 valence electrons. The maximum atomic E-state index is 11.9. The van der Waals surface area contributed by atoms with E-state index in [1.807, 2.05) is 4.90 Å². The van der Waals surface area contributed by atoms with Crippen molar-refractivity contribution in [1.29, 1.82) is 0 Å². The van der Waals surface area contributed by atoms with Crippen LogP contribution in [0.1, 0.15) is 19.3 Å². The molecule has 1 saturated heterocycles. The van der Waals surface area contributed by atoms with Crippen molar-refractivity contribution in [3.63, 3.8) is 0 Å². The van der Waals surface area contributed by atoms with Gasteiger partial charge in [-0.15, -0.1) is 0 Å². The second kappa shape index (κ2) is 4.41. The number of carbonyl (C=O) groups excluding carboxylic acids is 2. The molecule has 0 aromatic rings. The van der Waals surface area contributed by atoms with Crippen LogP contribution in [0.4, 0.5) is 0 Å². The molecule has 2 fully saturated rings. The second-order valence-corrected chi connectivity index (χ2v) is 4.72. The topological polar surface area (TPSA) is 75.4 Å². The first kappa shape index (κ1) is 11.4. The first-order chi connectivity index (χ1) is 7.63. The fourth-order valence-corrected chi connectivity index (χ4v) is 2.30. The minimum absolute atomic E-state index is 0.0524. The van der Waals surface area contributed by atoms with E-state index in [1.54, 1.807) is 7.05 Å². The number of piperidine rings is 1. The van der Waals surface area contributed by atoms with Crippen LogP contribution in [0.25, 0.3) is 0 Å². The van der Waals surface area contributed by atoms with Crippen LogP contribution < -0.4 is 11.1 Å². The van der Waals surface area contributed by atoms with Gasteiger partial charge in [-0.3, -0.25) is 9.59 Å². The van der Waals surface area contributed by atoms with Gasteiger partial charge in [-0.1, -0.05) is 0 Å². The van der Waals surface area contributed by atoms with E-state index in [-0.39, 0.29) is 29.7 Å². The lowest BCUT2D eigenvalue weighted by Crippen LogP contribution is -2.43. The van der Waals surface area contributed by atoms with Gasteiger partial charge in [-0.2, -0.15) is 0 Å². The second-order valence-electron chi connectivity index (χ2n) is 4.72. The largest absolute Gasteiger partial charge is 0.359 e. The summed E-state index contributed by atoms with van der Waals surface area (Å²) in [5.74, 6) is 0.400. The van der Waals surface area contributed by atoms with Crippen molar-refractivity contribution in [2.45, 2.75) is 25.3 Å². The highest BCUT2D eigenvalue weighted by molar-refractivity contribution is 5.83. The standard InChI is InChI=1S/C11H19N3O2/c1-13-10(15)7-2-4-14(5-3-7)11(16)8-6-9(8)12/h7-9H,2-6,12H2,1H3,(H,13,15). The molecule has 0 spiro atoms. The number of hydrogen-bond acceptors (Lipinski definition) is 3. The quantitative estimate of drug-likeness (QED) is 0.653. The zero-order valence-electron chi connectivity index (χ0n) is 9.61. The van der Waals surface area contributed by atoms with Gasteiger partial charge in [-0.05, 0) is 19.3 Å². The minimum atomic E-state index is 0.0524. The highest BCUT2D eigenvalue weighted by atomic mass is 16.2. The molecule has 2 aliphatic rings. The molecule has 2 atom stereocenters. The Balaban J connectivity index is 1.81. The van der Waals surface area contributed by atoms with Crippen molar-refractivity contribution in [2.75, 3.05) is 20.1 Å². The predicted molar refractivity (Wildman–Crippen MR) is 59.5 cm³/mol. The van der Waals surface area contributed by atoms with Crippen molar-refractivity contribution < 1.29 is 9.59 Å². The molecular formula is C11H19N3O2. The molecule has 1 heterocycles. The fourth-order valence-electron chi connectivity index (χ4n) is 2.30. The van der Waals surface area contributed by atoms with Gasteiger partial charge < -0.3 is 16.0 Å². The summed E-state index contributed by atoms with van der Waals surface area (Å²) in [6.07, 6.45) is 2.37. The first-order valence-electron chi connectivity index (χ1n) is 5.89. The van der Waals surface area contributed by atoms with E-state index in [2.05, 4.69) is 5.32 Å². The van der Waals surface area contributed by atoms with Gasteiger partial charge in [0.05, 0.1) is 5.92 Å². The van der Waals surface area contributed by atoms with Crippen LogP contribution in [0, 0.1) is 11.8 Å². The third-order valence-corrected chi connectivity index (χ3v) is 3.58. The smallest absolute Gasteiger partial charge is 0.227 e. The summed E-state index contributed by atoms with van der Waals surface area (Å²) in [7, 11) is 1.66. The molecule has 0 radical (unpaired) electrons. The summed E-state index contributed by atoms with van der Waals surface area (Å²) < 4.78 is 0. The van der Waals surface area contributed by atoms with Gasteiger partial charge in [0.15, 0.2) is 0 Å². The number of nitrogens with one attached hydrogen (secondary N) is 1. The van der Waals surface area contributed by atoms with Gasteiger partial charge in [0.1, 0.15) is 0 Å². The molecule has 5 heteroatoms. The van der Waals surface area contributed by atoms with Gasteiger partial charge in [0, 0.05) is 32.1 Å². The van der Waals surface area contributed by atoms with Crippen molar-refractivity contribution in [3.05, 3.63) is 0 Å². The van der Waals surface area contributed by atoms with E-state index in [4.69, 9.17) is 5.73 Å². The molecule has 3 N–H and O–H groups in total. The summed E-state index contributed by atoms with van der Waals surface area (Å²) in [4.78, 5) is 25.1. The van der Waals surface area contributed by atoms with Crippen LogP contribution in [0.5, 0.6) is 0 Å². The van der Waals surface area contributed by atoms with Crippen LogP contribution in [-0.4, -0.2) is 42.9 Å². The van der Waals surface area contributed by atoms with Crippen molar-refractivity contribution in [1.82, 2.24) is 10.2 Å². The maximum absolute atomic E-state index is 11.9. The minimum Gasteiger partial charge on any atom is -0.359 e. The molecule has 1 aliphatic carbocycles.